The van der Waals surface area contributed by atoms with Gasteiger partial charge in [-0.05, 0) is 80.9 Å². The van der Waals surface area contributed by atoms with Crippen LogP contribution in [0.1, 0.15) is 22.3 Å². The van der Waals surface area contributed by atoms with Crippen LogP contribution in [0.3, 0.4) is 0 Å². The van der Waals surface area contributed by atoms with Crippen LogP contribution in [0.2, 0.25) is 0 Å². The fourth-order valence-corrected chi connectivity index (χ4v) is 10.6. The van der Waals surface area contributed by atoms with Gasteiger partial charge < -0.3 is 13.7 Å². The highest BCUT2D eigenvalue weighted by atomic mass is 16.3. The van der Waals surface area contributed by atoms with E-state index in [1.165, 1.54) is 33.4 Å². The van der Waals surface area contributed by atoms with Gasteiger partial charge in [-0.1, -0.05) is 200 Å². The quantitative estimate of drug-likeness (QED) is 0.160. The summed E-state index contributed by atoms with van der Waals surface area (Å²) in [5.74, 6) is 0. The largest absolute Gasteiger partial charge is 0.455 e. The van der Waals surface area contributed by atoms with Crippen LogP contribution < -0.4 is 4.90 Å². The summed E-state index contributed by atoms with van der Waals surface area (Å²) in [6, 6.07) is 84.9. The van der Waals surface area contributed by atoms with Crippen LogP contribution in [0.5, 0.6) is 0 Å². The summed E-state index contributed by atoms with van der Waals surface area (Å²) in [6.07, 6.45) is 0. The molecule has 0 N–H and O–H groups in total. The molecule has 0 aliphatic heterocycles. The van der Waals surface area contributed by atoms with Gasteiger partial charge in [0.15, 0.2) is 5.58 Å². The molecule has 1 aliphatic carbocycles. The summed E-state index contributed by atoms with van der Waals surface area (Å²) in [5.41, 5.74) is 17.7. The lowest BCUT2D eigenvalue weighted by molar-refractivity contribution is 0.648. The highest BCUT2D eigenvalue weighted by Crippen LogP contribution is 2.58. The van der Waals surface area contributed by atoms with Crippen LogP contribution in [0.4, 0.5) is 17.1 Å². The molecule has 1 aliphatic rings. The predicted molar refractivity (Wildman–Crippen MR) is 264 cm³/mol. The molecule has 64 heavy (non-hydrogen) atoms. The zero-order chi connectivity index (χ0) is 42.2. The number of nitrogens with zero attached hydrogens (tertiary/aromatic N) is 1. The molecule has 2 aromatic heterocycles. The van der Waals surface area contributed by atoms with E-state index in [1.807, 2.05) is 12.1 Å². The van der Waals surface area contributed by atoms with Crippen molar-refractivity contribution in [1.29, 1.82) is 0 Å². The SMILES string of the molecule is c1ccc(-c2ccc(N(c3ccc(-c4cccc5c4oc4ccccc45)cc3)c3cccc4c3oc3c(C5(c6ccccc6)c6ccccc6-c6ccccc65)cccc34)cc2)cc1. The number of anilines is 3. The first-order chi connectivity index (χ1) is 31.8. The standard InChI is InChI=1S/C61H39NO2/c1-3-16-40(17-4-1)41-32-36-44(37-33-41)62(45-38-34-42(35-39-45)46-23-13-24-50-49-22-9-12-31-57(49)63-58(46)50)56-30-15-26-52-51-25-14-29-55(59(51)64-60(52)56)61(43-18-5-2-6-19-43)53-27-10-7-20-47(53)48-21-8-11-28-54(48)61/h1-39H. The molecule has 13 rings (SSSR count). The van der Waals surface area contributed by atoms with E-state index in [0.29, 0.717) is 0 Å². The molecule has 0 unspecified atom stereocenters. The van der Waals surface area contributed by atoms with Gasteiger partial charge >= 0.3 is 0 Å². The Bertz CT molecular complexity index is 3670. The van der Waals surface area contributed by atoms with Crippen molar-refractivity contribution in [3.8, 4) is 33.4 Å². The summed E-state index contributed by atoms with van der Waals surface area (Å²) >= 11 is 0. The van der Waals surface area contributed by atoms with Crippen molar-refractivity contribution in [3.63, 3.8) is 0 Å². The third-order valence-corrected chi connectivity index (χ3v) is 13.4. The Labute approximate surface area is 370 Å². The fourth-order valence-electron chi connectivity index (χ4n) is 10.6. The van der Waals surface area contributed by atoms with E-state index in [-0.39, 0.29) is 0 Å². The van der Waals surface area contributed by atoms with E-state index in [1.54, 1.807) is 0 Å². The lowest BCUT2D eigenvalue weighted by Crippen LogP contribution is -2.28. The second-order valence-electron chi connectivity index (χ2n) is 16.7. The Morgan fingerprint density at radius 2 is 0.781 bits per heavy atom. The van der Waals surface area contributed by atoms with Crippen LogP contribution in [0.15, 0.2) is 245 Å². The van der Waals surface area contributed by atoms with Crippen LogP contribution in [-0.4, -0.2) is 0 Å². The van der Waals surface area contributed by atoms with Crippen molar-refractivity contribution < 1.29 is 8.83 Å². The van der Waals surface area contributed by atoms with E-state index < -0.39 is 5.41 Å². The monoisotopic (exact) mass is 817 g/mol. The lowest BCUT2D eigenvalue weighted by Gasteiger charge is -2.33. The van der Waals surface area contributed by atoms with Crippen molar-refractivity contribution in [2.45, 2.75) is 5.41 Å². The van der Waals surface area contributed by atoms with Crippen molar-refractivity contribution in [2.24, 2.45) is 0 Å². The first-order valence-corrected chi connectivity index (χ1v) is 21.9. The maximum absolute atomic E-state index is 7.44. The summed E-state index contributed by atoms with van der Waals surface area (Å²) < 4.78 is 13.9. The molecule has 10 aromatic carbocycles. The number of rotatable bonds is 7. The highest BCUT2D eigenvalue weighted by Gasteiger charge is 2.47. The van der Waals surface area contributed by atoms with Gasteiger partial charge in [0, 0.05) is 44.0 Å². The molecular formula is C61H39NO2. The Balaban J connectivity index is 1.02. The molecule has 0 bridgehead atoms. The number of hydrogen-bond acceptors (Lipinski definition) is 3. The number of hydrogen-bond donors (Lipinski definition) is 0. The third-order valence-electron chi connectivity index (χ3n) is 13.4. The molecule has 0 spiro atoms. The average Bonchev–Trinajstić information content (AvgIpc) is 4.04. The van der Waals surface area contributed by atoms with E-state index in [0.717, 1.165) is 83.2 Å². The van der Waals surface area contributed by atoms with E-state index in [4.69, 9.17) is 8.83 Å². The van der Waals surface area contributed by atoms with Gasteiger partial charge in [0.05, 0.1) is 11.1 Å². The minimum Gasteiger partial charge on any atom is -0.455 e. The van der Waals surface area contributed by atoms with Crippen molar-refractivity contribution in [3.05, 3.63) is 259 Å². The Kier molecular flexibility index (Phi) is 8.13. The number of furan rings is 2. The average molecular weight is 818 g/mol. The van der Waals surface area contributed by atoms with Gasteiger partial charge in [0.25, 0.3) is 0 Å². The Morgan fingerprint density at radius 1 is 0.297 bits per heavy atom. The molecule has 300 valence electrons. The number of benzene rings is 10. The van der Waals surface area contributed by atoms with Gasteiger partial charge in [-0.2, -0.15) is 0 Å². The summed E-state index contributed by atoms with van der Waals surface area (Å²) in [5, 5.41) is 4.39. The normalized spacial score (nSPS) is 12.8. The van der Waals surface area contributed by atoms with E-state index in [2.05, 4.69) is 229 Å². The summed E-state index contributed by atoms with van der Waals surface area (Å²) in [7, 11) is 0. The minimum absolute atomic E-state index is 0.604. The van der Waals surface area contributed by atoms with Crippen LogP contribution >= 0.6 is 0 Å². The molecule has 0 amide bonds. The molecule has 3 heteroatoms. The Hall–Kier alpha value is -8.40. The molecule has 0 fully saturated rings. The molecular weight excluding hydrogens is 779 g/mol. The summed E-state index contributed by atoms with van der Waals surface area (Å²) in [6.45, 7) is 0. The van der Waals surface area contributed by atoms with Gasteiger partial charge in [0.2, 0.25) is 0 Å². The van der Waals surface area contributed by atoms with Crippen LogP contribution in [-0.2, 0) is 5.41 Å². The topological polar surface area (TPSA) is 29.5 Å². The fraction of sp³-hybridized carbons (Fsp3) is 0.0164. The van der Waals surface area contributed by atoms with Crippen molar-refractivity contribution >= 4 is 60.9 Å². The maximum Gasteiger partial charge on any atom is 0.159 e. The third kappa shape index (κ3) is 5.34. The zero-order valence-electron chi connectivity index (χ0n) is 34.8. The van der Waals surface area contributed by atoms with Gasteiger partial charge in [-0.15, -0.1) is 0 Å². The summed E-state index contributed by atoms with van der Waals surface area (Å²) in [4.78, 5) is 2.33. The predicted octanol–water partition coefficient (Wildman–Crippen LogP) is 16.7. The molecule has 12 aromatic rings. The zero-order valence-corrected chi connectivity index (χ0v) is 34.8. The number of para-hydroxylation sites is 4. The second-order valence-corrected chi connectivity index (χ2v) is 16.7. The molecule has 3 nitrogen and oxygen atoms in total. The first kappa shape index (κ1) is 36.3. The highest BCUT2D eigenvalue weighted by molar-refractivity contribution is 6.12. The molecule has 0 saturated carbocycles. The molecule has 0 atom stereocenters. The molecule has 0 saturated heterocycles. The minimum atomic E-state index is -0.604. The van der Waals surface area contributed by atoms with Gasteiger partial charge in [-0.3, -0.25) is 0 Å². The van der Waals surface area contributed by atoms with Crippen molar-refractivity contribution in [1.82, 2.24) is 0 Å². The maximum atomic E-state index is 7.44. The first-order valence-electron chi connectivity index (χ1n) is 21.9. The van der Waals surface area contributed by atoms with Crippen LogP contribution in [0, 0.1) is 0 Å². The van der Waals surface area contributed by atoms with E-state index in [9.17, 15) is 0 Å². The lowest BCUT2D eigenvalue weighted by atomic mass is 9.67. The number of fused-ring (bicyclic) bond motifs is 9. The second kappa shape index (κ2) is 14.3. The van der Waals surface area contributed by atoms with Gasteiger partial charge in [-0.25, -0.2) is 0 Å². The van der Waals surface area contributed by atoms with Gasteiger partial charge in [0.1, 0.15) is 16.7 Å². The smallest absolute Gasteiger partial charge is 0.159 e. The molecule has 2 heterocycles. The van der Waals surface area contributed by atoms with Crippen LogP contribution in [0.25, 0.3) is 77.3 Å². The molecule has 0 radical (unpaired) electrons. The van der Waals surface area contributed by atoms with Crippen molar-refractivity contribution in [2.75, 3.05) is 4.90 Å². The Morgan fingerprint density at radius 3 is 1.48 bits per heavy atom. The van der Waals surface area contributed by atoms with E-state index >= 15 is 0 Å².